The molecule has 0 fully saturated rings. The molecule has 0 aromatic rings. The summed E-state index contributed by atoms with van der Waals surface area (Å²) >= 11 is 1.65. The average molecular weight is 139 g/mol. The van der Waals surface area contributed by atoms with Crippen LogP contribution in [0.1, 0.15) is 0 Å². The Balaban J connectivity index is 2.25. The summed E-state index contributed by atoms with van der Waals surface area (Å²) in [5, 5.41) is 0.280. The van der Waals surface area contributed by atoms with Crippen molar-refractivity contribution in [1.82, 2.24) is 0 Å². The Morgan fingerprint density at radius 2 is 2.33 bits per heavy atom. The van der Waals surface area contributed by atoms with Crippen molar-refractivity contribution in [3.8, 4) is 0 Å². The SMILES string of the molecule is C1=NC=NC2SC=NC12. The predicted molar refractivity (Wildman–Crippen MR) is 40.6 cm³/mol. The molecule has 3 nitrogen and oxygen atoms in total. The van der Waals surface area contributed by atoms with Gasteiger partial charge >= 0.3 is 0 Å². The summed E-state index contributed by atoms with van der Waals surface area (Å²) in [4.78, 5) is 12.1. The Morgan fingerprint density at radius 3 is 3.22 bits per heavy atom. The Labute approximate surface area is 57.0 Å². The maximum Gasteiger partial charge on any atom is 0.130 e. The lowest BCUT2D eigenvalue weighted by Crippen LogP contribution is -2.19. The van der Waals surface area contributed by atoms with Gasteiger partial charge in [0, 0.05) is 6.21 Å². The molecule has 2 heterocycles. The molecule has 2 aliphatic heterocycles. The van der Waals surface area contributed by atoms with Gasteiger partial charge in [0.25, 0.3) is 0 Å². The van der Waals surface area contributed by atoms with Crippen molar-refractivity contribution in [1.29, 1.82) is 0 Å². The number of nitrogens with zero attached hydrogens (tertiary/aromatic N) is 3. The van der Waals surface area contributed by atoms with Crippen molar-refractivity contribution in [3.63, 3.8) is 0 Å². The second kappa shape index (κ2) is 1.95. The van der Waals surface area contributed by atoms with Crippen LogP contribution in [0, 0.1) is 0 Å². The van der Waals surface area contributed by atoms with Crippen LogP contribution in [0.2, 0.25) is 0 Å². The fourth-order valence-electron chi connectivity index (χ4n) is 0.788. The Kier molecular flexibility index (Phi) is 1.12. The van der Waals surface area contributed by atoms with E-state index in [1.54, 1.807) is 18.1 Å². The first kappa shape index (κ1) is 5.17. The average Bonchev–Trinajstić information content (AvgIpc) is 2.33. The summed E-state index contributed by atoms with van der Waals surface area (Å²) in [6, 6.07) is 0.208. The van der Waals surface area contributed by atoms with E-state index in [9.17, 15) is 0 Å². The van der Waals surface area contributed by atoms with Crippen LogP contribution >= 0.6 is 11.8 Å². The molecular weight excluding hydrogens is 134 g/mol. The Morgan fingerprint density at radius 1 is 1.33 bits per heavy atom. The molecule has 0 saturated carbocycles. The molecule has 4 heteroatoms. The normalized spacial score (nSPS) is 37.3. The zero-order valence-corrected chi connectivity index (χ0v) is 5.45. The Hall–Kier alpha value is -0.640. The smallest absolute Gasteiger partial charge is 0.130 e. The van der Waals surface area contributed by atoms with Gasteiger partial charge in [-0.05, 0) is 0 Å². The van der Waals surface area contributed by atoms with Crippen LogP contribution in [-0.4, -0.2) is 29.5 Å². The van der Waals surface area contributed by atoms with E-state index in [2.05, 4.69) is 15.0 Å². The summed E-state index contributed by atoms with van der Waals surface area (Å²) in [6.07, 6.45) is 3.41. The number of thioether (sulfide) groups is 1. The van der Waals surface area contributed by atoms with Crippen molar-refractivity contribution in [2.45, 2.75) is 11.4 Å². The van der Waals surface area contributed by atoms with Gasteiger partial charge in [0.1, 0.15) is 17.8 Å². The van der Waals surface area contributed by atoms with E-state index in [4.69, 9.17) is 0 Å². The van der Waals surface area contributed by atoms with Gasteiger partial charge in [0.05, 0.1) is 5.55 Å². The minimum absolute atomic E-state index is 0.208. The third-order valence-corrected chi connectivity index (χ3v) is 2.17. The lowest BCUT2D eigenvalue weighted by molar-refractivity contribution is 0.838. The first-order valence-corrected chi connectivity index (χ1v) is 3.63. The topological polar surface area (TPSA) is 37.1 Å². The zero-order valence-electron chi connectivity index (χ0n) is 4.64. The monoisotopic (exact) mass is 139 g/mol. The van der Waals surface area contributed by atoms with E-state index < -0.39 is 0 Å². The first-order valence-electron chi connectivity index (χ1n) is 2.69. The van der Waals surface area contributed by atoms with Gasteiger partial charge in [-0.1, -0.05) is 11.8 Å². The molecule has 2 aliphatic rings. The van der Waals surface area contributed by atoms with Gasteiger partial charge in [0.15, 0.2) is 0 Å². The highest BCUT2D eigenvalue weighted by Gasteiger charge is 2.23. The molecule has 0 saturated heterocycles. The number of fused-ring (bicyclic) bond motifs is 1. The molecule has 0 amide bonds. The first-order chi connectivity index (χ1) is 4.47. The van der Waals surface area contributed by atoms with E-state index in [0.717, 1.165) is 0 Å². The van der Waals surface area contributed by atoms with Gasteiger partial charge in [0.2, 0.25) is 0 Å². The van der Waals surface area contributed by atoms with Crippen LogP contribution in [-0.2, 0) is 0 Å². The molecule has 2 rings (SSSR count). The third-order valence-electron chi connectivity index (χ3n) is 1.24. The molecule has 0 aromatic heterocycles. The minimum Gasteiger partial charge on any atom is -0.274 e. The largest absolute Gasteiger partial charge is 0.274 e. The van der Waals surface area contributed by atoms with E-state index in [1.165, 1.54) is 0 Å². The zero-order chi connectivity index (χ0) is 6.10. The summed E-state index contributed by atoms with van der Waals surface area (Å²) in [6.45, 7) is 0. The highest BCUT2D eigenvalue weighted by atomic mass is 32.2. The molecule has 2 unspecified atom stereocenters. The lowest BCUT2D eigenvalue weighted by atomic mass is 10.3. The van der Waals surface area contributed by atoms with Crippen molar-refractivity contribution in [2.24, 2.45) is 15.0 Å². The van der Waals surface area contributed by atoms with E-state index in [0.29, 0.717) is 0 Å². The van der Waals surface area contributed by atoms with Gasteiger partial charge in [-0.2, -0.15) is 0 Å². The standard InChI is InChI=1S/C5H5N3S/c1-4-5(7-2-6-1)9-3-8-4/h1-5H. The second-order valence-corrected chi connectivity index (χ2v) is 2.80. The molecule has 0 aromatic carbocycles. The summed E-state index contributed by atoms with van der Waals surface area (Å²) in [7, 11) is 0. The summed E-state index contributed by atoms with van der Waals surface area (Å²) in [5.41, 5.74) is 1.84. The summed E-state index contributed by atoms with van der Waals surface area (Å²) < 4.78 is 0. The van der Waals surface area contributed by atoms with Crippen LogP contribution in [0.3, 0.4) is 0 Å². The number of hydrogen-bond donors (Lipinski definition) is 0. The molecule has 0 spiro atoms. The fraction of sp³-hybridized carbons (Fsp3) is 0.400. The molecule has 0 N–H and O–H groups in total. The number of hydrogen-bond acceptors (Lipinski definition) is 4. The highest BCUT2D eigenvalue weighted by Crippen LogP contribution is 2.22. The van der Waals surface area contributed by atoms with Crippen LogP contribution < -0.4 is 0 Å². The second-order valence-electron chi connectivity index (χ2n) is 1.83. The van der Waals surface area contributed by atoms with Crippen molar-refractivity contribution < 1.29 is 0 Å². The van der Waals surface area contributed by atoms with Crippen molar-refractivity contribution in [2.75, 3.05) is 0 Å². The van der Waals surface area contributed by atoms with Crippen LogP contribution in [0.4, 0.5) is 0 Å². The maximum atomic E-state index is 4.13. The van der Waals surface area contributed by atoms with Gasteiger partial charge < -0.3 is 0 Å². The number of aliphatic imine (C=N–C) groups is 3. The predicted octanol–water partition coefficient (Wildman–Crippen LogP) is 0.569. The molecule has 46 valence electrons. The summed E-state index contributed by atoms with van der Waals surface area (Å²) in [5.74, 6) is 0. The van der Waals surface area contributed by atoms with E-state index >= 15 is 0 Å². The van der Waals surface area contributed by atoms with Crippen LogP contribution in [0.5, 0.6) is 0 Å². The van der Waals surface area contributed by atoms with Crippen LogP contribution in [0.15, 0.2) is 15.0 Å². The van der Waals surface area contributed by atoms with Crippen molar-refractivity contribution >= 4 is 29.9 Å². The Bertz CT molecular complexity index is 196. The molecule has 2 atom stereocenters. The van der Waals surface area contributed by atoms with Gasteiger partial charge in [-0.15, -0.1) is 0 Å². The van der Waals surface area contributed by atoms with Crippen LogP contribution in [0.25, 0.3) is 0 Å². The molecule has 0 aliphatic carbocycles. The number of rotatable bonds is 0. The third kappa shape index (κ3) is 0.790. The highest BCUT2D eigenvalue weighted by molar-refractivity contribution is 8.13. The quantitative estimate of drug-likeness (QED) is 0.483. The minimum atomic E-state index is 0.208. The van der Waals surface area contributed by atoms with Gasteiger partial charge in [-0.3, -0.25) is 9.98 Å². The molecule has 9 heavy (non-hydrogen) atoms. The molecule has 0 bridgehead atoms. The fourth-order valence-corrected chi connectivity index (χ4v) is 1.55. The molecular formula is C5H5N3S. The maximum absolute atomic E-state index is 4.13. The van der Waals surface area contributed by atoms with E-state index in [-0.39, 0.29) is 11.4 Å². The molecule has 0 radical (unpaired) electrons. The lowest BCUT2D eigenvalue weighted by Gasteiger charge is -2.09. The van der Waals surface area contributed by atoms with E-state index in [1.807, 2.05) is 11.8 Å². The van der Waals surface area contributed by atoms with Crippen molar-refractivity contribution in [3.05, 3.63) is 0 Å². The van der Waals surface area contributed by atoms with Gasteiger partial charge in [-0.25, -0.2) is 4.99 Å².